The number of pyridine rings is 3. The summed E-state index contributed by atoms with van der Waals surface area (Å²) in [6.45, 7) is 1.63. The average molecular weight is 473 g/mol. The van der Waals surface area contributed by atoms with Gasteiger partial charge < -0.3 is 15.0 Å². The molecule has 4 rings (SSSR count). The van der Waals surface area contributed by atoms with Crippen molar-refractivity contribution < 1.29 is 22.7 Å². The van der Waals surface area contributed by atoms with Crippen molar-refractivity contribution in [1.82, 2.24) is 19.9 Å². The molecule has 2 N–H and O–H groups in total. The predicted octanol–water partition coefficient (Wildman–Crippen LogP) is 3.55. The third-order valence-corrected chi connectivity index (χ3v) is 5.70. The third-order valence-electron chi connectivity index (χ3n) is 5.70. The fraction of sp³-hybridized carbons (Fsp3) is 0.304. The summed E-state index contributed by atoms with van der Waals surface area (Å²) in [6.07, 6.45) is 4.65. The highest BCUT2D eigenvalue weighted by atomic mass is 19.3. The molecule has 0 spiro atoms. The van der Waals surface area contributed by atoms with Crippen molar-refractivity contribution in [3.05, 3.63) is 76.9 Å². The van der Waals surface area contributed by atoms with Crippen molar-refractivity contribution >= 4 is 11.7 Å². The molecule has 2 unspecified atom stereocenters. The first-order valence-electron chi connectivity index (χ1n) is 10.6. The van der Waals surface area contributed by atoms with Crippen molar-refractivity contribution in [3.8, 4) is 11.5 Å². The van der Waals surface area contributed by atoms with Crippen LogP contribution in [-0.2, 0) is 4.79 Å². The summed E-state index contributed by atoms with van der Waals surface area (Å²) < 4.78 is 47.9. The Morgan fingerprint density at radius 2 is 2.06 bits per heavy atom. The SMILES string of the molecule is CC(C(=O)Nc1ccc(Oc2cncc(F)c2)cn1)N1CCC(F)(F)C(c2ccc(=O)[nH]c2)C1. The van der Waals surface area contributed by atoms with E-state index in [4.69, 9.17) is 4.74 Å². The Bertz CT molecular complexity index is 1200. The number of hydrogen-bond donors (Lipinski definition) is 2. The number of H-pyrrole nitrogens is 1. The number of ether oxygens (including phenoxy) is 1. The molecule has 2 atom stereocenters. The molecule has 34 heavy (non-hydrogen) atoms. The number of likely N-dealkylation sites (tertiary alicyclic amines) is 1. The van der Waals surface area contributed by atoms with Crippen LogP contribution in [0.5, 0.6) is 11.5 Å². The van der Waals surface area contributed by atoms with Gasteiger partial charge in [-0.2, -0.15) is 0 Å². The van der Waals surface area contributed by atoms with Crippen molar-refractivity contribution in [3.63, 3.8) is 0 Å². The zero-order valence-corrected chi connectivity index (χ0v) is 18.2. The number of alkyl halides is 2. The van der Waals surface area contributed by atoms with Gasteiger partial charge in [-0.25, -0.2) is 18.2 Å². The molecular weight excluding hydrogens is 451 g/mol. The number of anilines is 1. The van der Waals surface area contributed by atoms with Gasteiger partial charge in [0.1, 0.15) is 23.1 Å². The molecule has 1 fully saturated rings. The molecule has 1 amide bonds. The van der Waals surface area contributed by atoms with E-state index in [-0.39, 0.29) is 30.2 Å². The number of hydrogen-bond acceptors (Lipinski definition) is 6. The molecule has 8 nitrogen and oxygen atoms in total. The van der Waals surface area contributed by atoms with Crippen molar-refractivity contribution in [2.75, 3.05) is 18.4 Å². The van der Waals surface area contributed by atoms with Gasteiger partial charge in [0.2, 0.25) is 11.5 Å². The molecular formula is C23H22F3N5O3. The summed E-state index contributed by atoms with van der Waals surface area (Å²) in [5.74, 6) is -4.28. The molecule has 0 aliphatic carbocycles. The highest BCUT2D eigenvalue weighted by Crippen LogP contribution is 2.40. The molecule has 3 aromatic rings. The van der Waals surface area contributed by atoms with E-state index in [0.29, 0.717) is 11.3 Å². The van der Waals surface area contributed by atoms with Gasteiger partial charge in [0.25, 0.3) is 5.92 Å². The number of aromatic nitrogens is 3. The van der Waals surface area contributed by atoms with Crippen LogP contribution in [0.15, 0.2) is 59.9 Å². The average Bonchev–Trinajstić information content (AvgIpc) is 2.80. The van der Waals surface area contributed by atoms with E-state index in [0.717, 1.165) is 6.20 Å². The maximum absolute atomic E-state index is 14.6. The minimum Gasteiger partial charge on any atom is -0.454 e. The van der Waals surface area contributed by atoms with E-state index in [1.54, 1.807) is 17.9 Å². The summed E-state index contributed by atoms with van der Waals surface area (Å²) in [6, 6.07) is 6.14. The number of halogens is 3. The number of rotatable bonds is 6. The molecule has 0 saturated carbocycles. The highest BCUT2D eigenvalue weighted by Gasteiger charge is 2.46. The number of aromatic amines is 1. The van der Waals surface area contributed by atoms with E-state index in [2.05, 4.69) is 20.3 Å². The van der Waals surface area contributed by atoms with Crippen molar-refractivity contribution in [1.29, 1.82) is 0 Å². The molecule has 11 heteroatoms. The largest absolute Gasteiger partial charge is 0.454 e. The smallest absolute Gasteiger partial charge is 0.257 e. The van der Waals surface area contributed by atoms with Gasteiger partial charge in [0.05, 0.1) is 30.6 Å². The Kier molecular flexibility index (Phi) is 6.64. The number of carbonyl (C=O) groups is 1. The van der Waals surface area contributed by atoms with Crippen molar-refractivity contribution in [2.45, 2.75) is 31.2 Å². The van der Waals surface area contributed by atoms with E-state index in [9.17, 15) is 22.8 Å². The van der Waals surface area contributed by atoms with Gasteiger partial charge in [0.15, 0.2) is 0 Å². The Hall–Kier alpha value is -3.73. The topological polar surface area (TPSA) is 100 Å². The minimum absolute atomic E-state index is 0.0450. The lowest BCUT2D eigenvalue weighted by atomic mass is 9.87. The van der Waals surface area contributed by atoms with Gasteiger partial charge in [-0.05, 0) is 24.6 Å². The molecule has 1 aliphatic rings. The third kappa shape index (κ3) is 5.42. The van der Waals surface area contributed by atoms with Crippen LogP contribution >= 0.6 is 0 Å². The standard InChI is InChI=1S/C23H22F3N5O3/c1-14(31-7-6-23(25,26)19(13-31)15-2-5-21(32)29-9-15)22(33)30-20-4-3-17(12-28-20)34-18-8-16(24)10-27-11-18/h2-5,8-12,14,19H,6-7,13H2,1H3,(H,29,32)(H,28,30,33). The molecule has 0 bridgehead atoms. The lowest BCUT2D eigenvalue weighted by molar-refractivity contribution is -0.125. The van der Waals surface area contributed by atoms with Crippen LogP contribution in [0.4, 0.5) is 19.0 Å². The maximum Gasteiger partial charge on any atom is 0.257 e. The lowest BCUT2D eigenvalue weighted by Gasteiger charge is -2.40. The number of amides is 1. The van der Waals surface area contributed by atoms with Gasteiger partial charge in [0, 0.05) is 37.8 Å². The van der Waals surface area contributed by atoms with Crippen LogP contribution in [-0.4, -0.2) is 50.8 Å². The molecule has 178 valence electrons. The van der Waals surface area contributed by atoms with Gasteiger partial charge >= 0.3 is 0 Å². The van der Waals surface area contributed by atoms with Gasteiger partial charge in [-0.1, -0.05) is 6.07 Å². The molecule has 0 aromatic carbocycles. The van der Waals surface area contributed by atoms with E-state index in [1.165, 1.54) is 42.9 Å². The fourth-order valence-corrected chi connectivity index (χ4v) is 3.76. The first-order valence-corrected chi connectivity index (χ1v) is 10.6. The number of nitrogens with one attached hydrogen (secondary N) is 2. The Balaban J connectivity index is 1.39. The highest BCUT2D eigenvalue weighted by molar-refractivity contribution is 5.93. The quantitative estimate of drug-likeness (QED) is 0.568. The zero-order valence-electron chi connectivity index (χ0n) is 18.2. The first kappa shape index (κ1) is 23.4. The maximum atomic E-state index is 14.6. The normalized spacial score (nSPS) is 18.8. The molecule has 1 aliphatic heterocycles. The molecule has 4 heterocycles. The van der Waals surface area contributed by atoms with Gasteiger partial charge in [-0.3, -0.25) is 19.5 Å². The van der Waals surface area contributed by atoms with E-state index in [1.807, 2.05) is 0 Å². The van der Waals surface area contributed by atoms with Crippen LogP contribution < -0.4 is 15.6 Å². The minimum atomic E-state index is -2.96. The van der Waals surface area contributed by atoms with Crippen LogP contribution in [0.2, 0.25) is 0 Å². The van der Waals surface area contributed by atoms with Crippen LogP contribution in [0.3, 0.4) is 0 Å². The van der Waals surface area contributed by atoms with Gasteiger partial charge in [-0.15, -0.1) is 0 Å². The summed E-state index contributed by atoms with van der Waals surface area (Å²) in [7, 11) is 0. The van der Waals surface area contributed by atoms with E-state index >= 15 is 0 Å². The second-order valence-electron chi connectivity index (χ2n) is 8.03. The fourth-order valence-electron chi connectivity index (χ4n) is 3.76. The Morgan fingerprint density at radius 1 is 1.24 bits per heavy atom. The van der Waals surface area contributed by atoms with Crippen LogP contribution in [0.25, 0.3) is 0 Å². The lowest BCUT2D eigenvalue weighted by Crippen LogP contribution is -2.52. The Labute approximate surface area is 192 Å². The molecule has 1 saturated heterocycles. The van der Waals surface area contributed by atoms with E-state index < -0.39 is 36.0 Å². The summed E-state index contributed by atoms with van der Waals surface area (Å²) >= 11 is 0. The number of carbonyl (C=O) groups excluding carboxylic acids is 1. The molecule has 0 radical (unpaired) electrons. The first-order chi connectivity index (χ1) is 16.2. The number of nitrogens with zero attached hydrogens (tertiary/aromatic N) is 3. The molecule has 3 aromatic heterocycles. The van der Waals surface area contributed by atoms with Crippen molar-refractivity contribution in [2.24, 2.45) is 0 Å². The van der Waals surface area contributed by atoms with Crippen LogP contribution in [0, 0.1) is 5.82 Å². The zero-order chi connectivity index (χ0) is 24.3. The number of piperidine rings is 1. The van der Waals surface area contributed by atoms with Crippen LogP contribution in [0.1, 0.15) is 24.8 Å². The summed E-state index contributed by atoms with van der Waals surface area (Å²) in [5.41, 5.74) is -0.0587. The second-order valence-corrected chi connectivity index (χ2v) is 8.03. The summed E-state index contributed by atoms with van der Waals surface area (Å²) in [5, 5.41) is 2.67. The monoisotopic (exact) mass is 473 g/mol. The summed E-state index contributed by atoms with van der Waals surface area (Å²) in [4.78, 5) is 36.0. The second kappa shape index (κ2) is 9.64. The Morgan fingerprint density at radius 3 is 2.74 bits per heavy atom. The predicted molar refractivity (Wildman–Crippen MR) is 118 cm³/mol.